The van der Waals surface area contributed by atoms with Crippen molar-refractivity contribution in [2.75, 3.05) is 39.2 Å². The molecule has 0 bridgehead atoms. The average molecular weight is 300 g/mol. The molecule has 2 aliphatic rings. The van der Waals surface area contributed by atoms with Gasteiger partial charge in [0, 0.05) is 31.6 Å². The van der Waals surface area contributed by atoms with Crippen LogP contribution in [-0.2, 0) is 9.47 Å². The van der Waals surface area contributed by atoms with Crippen LogP contribution in [0.3, 0.4) is 0 Å². The van der Waals surface area contributed by atoms with Gasteiger partial charge in [0.05, 0.1) is 13.2 Å². The van der Waals surface area contributed by atoms with E-state index in [0.717, 1.165) is 26.0 Å². The van der Waals surface area contributed by atoms with Crippen molar-refractivity contribution in [1.29, 1.82) is 0 Å². The average Bonchev–Trinajstić information content (AvgIpc) is 2.85. The van der Waals surface area contributed by atoms with Crippen molar-refractivity contribution in [2.45, 2.75) is 50.5 Å². The van der Waals surface area contributed by atoms with Crippen LogP contribution >= 0.6 is 11.8 Å². The molecule has 1 N–H and O–H groups in total. The number of nitrogens with zero attached hydrogens (tertiary/aromatic N) is 1. The fourth-order valence-electron chi connectivity index (χ4n) is 2.83. The van der Waals surface area contributed by atoms with Gasteiger partial charge in [0.1, 0.15) is 0 Å². The zero-order chi connectivity index (χ0) is 14.1. The maximum atomic E-state index is 5.44. The number of rotatable bonds is 8. The molecule has 0 atom stereocenters. The van der Waals surface area contributed by atoms with E-state index >= 15 is 0 Å². The van der Waals surface area contributed by atoms with E-state index in [4.69, 9.17) is 14.5 Å². The van der Waals surface area contributed by atoms with Crippen molar-refractivity contribution in [1.82, 2.24) is 5.32 Å². The summed E-state index contributed by atoms with van der Waals surface area (Å²) in [6.07, 6.45) is 8.99. The molecule has 1 saturated heterocycles. The van der Waals surface area contributed by atoms with Crippen molar-refractivity contribution in [3.05, 3.63) is 0 Å². The first kappa shape index (κ1) is 16.1. The maximum Gasteiger partial charge on any atom is 0.157 e. The topological polar surface area (TPSA) is 42.9 Å². The molecule has 4 nitrogen and oxygen atoms in total. The Morgan fingerprint density at radius 3 is 2.80 bits per heavy atom. The van der Waals surface area contributed by atoms with E-state index < -0.39 is 0 Å². The number of hydrogen-bond acceptors (Lipinski definition) is 4. The third-order valence-electron chi connectivity index (χ3n) is 4.05. The fourth-order valence-corrected chi connectivity index (χ4v) is 4.07. The second kappa shape index (κ2) is 8.90. The fraction of sp³-hybridized carbons (Fsp3) is 0.933. The number of methoxy groups -OCH3 is 1. The lowest BCUT2D eigenvalue weighted by molar-refractivity contribution is 0.0690. The van der Waals surface area contributed by atoms with Gasteiger partial charge >= 0.3 is 0 Å². The molecule has 2 fully saturated rings. The van der Waals surface area contributed by atoms with Gasteiger partial charge in [-0.25, -0.2) is 0 Å². The van der Waals surface area contributed by atoms with E-state index in [9.17, 15) is 0 Å². The number of nitrogens with one attached hydrogen (secondary N) is 1. The molecule has 1 heterocycles. The van der Waals surface area contributed by atoms with Gasteiger partial charge in [-0.15, -0.1) is 0 Å². The Bertz CT molecular complexity index is 304. The second-order valence-electron chi connectivity index (χ2n) is 5.75. The minimum atomic E-state index is 0.380. The highest BCUT2D eigenvalue weighted by atomic mass is 32.2. The van der Waals surface area contributed by atoms with Crippen LogP contribution in [0.25, 0.3) is 0 Å². The summed E-state index contributed by atoms with van der Waals surface area (Å²) < 4.78 is 10.4. The van der Waals surface area contributed by atoms with E-state index in [1.165, 1.54) is 43.0 Å². The van der Waals surface area contributed by atoms with Crippen molar-refractivity contribution in [2.24, 2.45) is 4.99 Å². The van der Waals surface area contributed by atoms with Gasteiger partial charge in [0.25, 0.3) is 0 Å². The summed E-state index contributed by atoms with van der Waals surface area (Å²) in [7, 11) is 1.70. The molecule has 1 aliphatic carbocycles. The Kier molecular flexibility index (Phi) is 7.17. The molecule has 1 spiro atoms. The molecule has 20 heavy (non-hydrogen) atoms. The van der Waals surface area contributed by atoms with Crippen molar-refractivity contribution < 1.29 is 9.47 Å². The van der Waals surface area contributed by atoms with Gasteiger partial charge in [0.15, 0.2) is 5.17 Å². The molecule has 116 valence electrons. The molecule has 0 unspecified atom stereocenters. The SMILES string of the molecule is COCCOCCCCN=C1NC2(CCCCC2)CS1. The molecule has 1 saturated carbocycles. The van der Waals surface area contributed by atoms with Crippen LogP contribution < -0.4 is 5.32 Å². The summed E-state index contributed by atoms with van der Waals surface area (Å²) in [5, 5.41) is 4.86. The third-order valence-corrected chi connectivity index (χ3v) is 5.25. The summed E-state index contributed by atoms with van der Waals surface area (Å²) in [6, 6.07) is 0. The number of aliphatic imine (C=N–C) groups is 1. The zero-order valence-corrected chi connectivity index (χ0v) is 13.5. The van der Waals surface area contributed by atoms with Gasteiger partial charge in [-0.1, -0.05) is 31.0 Å². The molecule has 5 heteroatoms. The minimum Gasteiger partial charge on any atom is -0.382 e. The highest BCUT2D eigenvalue weighted by Crippen LogP contribution is 2.36. The van der Waals surface area contributed by atoms with Crippen LogP contribution in [0.15, 0.2) is 4.99 Å². The largest absolute Gasteiger partial charge is 0.382 e. The number of ether oxygens (including phenoxy) is 2. The summed E-state index contributed by atoms with van der Waals surface area (Å²) in [4.78, 5) is 4.69. The second-order valence-corrected chi connectivity index (χ2v) is 6.72. The molecule has 0 aromatic rings. The number of hydrogen-bond donors (Lipinski definition) is 1. The maximum absolute atomic E-state index is 5.44. The third kappa shape index (κ3) is 5.26. The lowest BCUT2D eigenvalue weighted by atomic mass is 9.83. The van der Waals surface area contributed by atoms with Gasteiger partial charge in [0.2, 0.25) is 0 Å². The van der Waals surface area contributed by atoms with E-state index in [1.807, 2.05) is 11.8 Å². The van der Waals surface area contributed by atoms with Gasteiger partial charge in [-0.05, 0) is 25.7 Å². The van der Waals surface area contributed by atoms with Crippen LogP contribution in [-0.4, -0.2) is 49.9 Å². The molecular weight excluding hydrogens is 272 g/mol. The van der Waals surface area contributed by atoms with E-state index in [2.05, 4.69) is 5.32 Å². The molecule has 0 radical (unpaired) electrons. The molecule has 1 aliphatic heterocycles. The Labute approximate surface area is 127 Å². The Hall–Kier alpha value is -0.260. The van der Waals surface area contributed by atoms with Crippen LogP contribution in [0, 0.1) is 0 Å². The molecule has 2 rings (SSSR count). The van der Waals surface area contributed by atoms with E-state index in [1.54, 1.807) is 7.11 Å². The standard InChI is InChI=1S/C15H28N2O2S/c1-18-11-12-19-10-6-5-9-16-14-17-15(13-20-14)7-3-2-4-8-15/h2-13H2,1H3,(H,16,17). The highest BCUT2D eigenvalue weighted by molar-refractivity contribution is 8.14. The Morgan fingerprint density at radius 2 is 2.00 bits per heavy atom. The summed E-state index contributed by atoms with van der Waals surface area (Å²) in [5.41, 5.74) is 0.380. The first-order chi connectivity index (χ1) is 9.85. The summed E-state index contributed by atoms with van der Waals surface area (Å²) >= 11 is 1.91. The first-order valence-electron chi connectivity index (χ1n) is 7.87. The van der Waals surface area contributed by atoms with Crippen molar-refractivity contribution in [3.63, 3.8) is 0 Å². The predicted molar refractivity (Wildman–Crippen MR) is 85.6 cm³/mol. The lowest BCUT2D eigenvalue weighted by Gasteiger charge is -2.32. The van der Waals surface area contributed by atoms with Crippen LogP contribution in [0.5, 0.6) is 0 Å². The normalized spacial score (nSPS) is 23.4. The number of unbranched alkanes of at least 4 members (excludes halogenated alkanes) is 1. The first-order valence-corrected chi connectivity index (χ1v) is 8.85. The van der Waals surface area contributed by atoms with Crippen molar-refractivity contribution in [3.8, 4) is 0 Å². The predicted octanol–water partition coefficient (Wildman–Crippen LogP) is 2.82. The summed E-state index contributed by atoms with van der Waals surface area (Å²) in [5.74, 6) is 1.21. The Balaban J connectivity index is 1.54. The zero-order valence-electron chi connectivity index (χ0n) is 12.7. The lowest BCUT2D eigenvalue weighted by Crippen LogP contribution is -2.45. The number of thioether (sulfide) groups is 1. The van der Waals surface area contributed by atoms with Crippen LogP contribution in [0.2, 0.25) is 0 Å². The van der Waals surface area contributed by atoms with E-state index in [-0.39, 0.29) is 0 Å². The quantitative estimate of drug-likeness (QED) is 0.700. The van der Waals surface area contributed by atoms with Crippen molar-refractivity contribution >= 4 is 16.9 Å². The van der Waals surface area contributed by atoms with Gasteiger partial charge in [-0.3, -0.25) is 4.99 Å². The highest BCUT2D eigenvalue weighted by Gasteiger charge is 2.37. The number of amidine groups is 1. The molecule has 0 amide bonds. The van der Waals surface area contributed by atoms with E-state index in [0.29, 0.717) is 18.8 Å². The monoisotopic (exact) mass is 300 g/mol. The van der Waals surface area contributed by atoms with Crippen LogP contribution in [0.4, 0.5) is 0 Å². The Morgan fingerprint density at radius 1 is 1.15 bits per heavy atom. The smallest absolute Gasteiger partial charge is 0.157 e. The van der Waals surface area contributed by atoms with Gasteiger partial charge in [-0.2, -0.15) is 0 Å². The minimum absolute atomic E-state index is 0.380. The summed E-state index contributed by atoms with van der Waals surface area (Å²) in [6.45, 7) is 3.12. The molecule has 0 aromatic heterocycles. The molecule has 0 aromatic carbocycles. The van der Waals surface area contributed by atoms with Crippen LogP contribution in [0.1, 0.15) is 44.9 Å². The van der Waals surface area contributed by atoms with Gasteiger partial charge < -0.3 is 14.8 Å². The molecular formula is C15H28N2O2S.